The van der Waals surface area contributed by atoms with Crippen molar-refractivity contribution < 1.29 is 38.5 Å². The molecule has 2 N–H and O–H groups in total. The molecule has 0 aliphatic carbocycles. The molecule has 240 valence electrons. The van der Waals surface area contributed by atoms with E-state index in [2.05, 4.69) is 28.9 Å². The number of ether oxygens (including phenoxy) is 5. The van der Waals surface area contributed by atoms with Crippen LogP contribution in [-0.2, 0) is 30.2 Å². The summed E-state index contributed by atoms with van der Waals surface area (Å²) in [6.07, 6.45) is 19.9. The summed E-state index contributed by atoms with van der Waals surface area (Å²) in [4.78, 5) is 4.11. The normalized spacial score (nSPS) is 26.0. The first-order valence-corrected chi connectivity index (χ1v) is 16.3. The largest absolute Gasteiger partial charge is 0.396 e. The second-order valence-corrected chi connectivity index (χ2v) is 12.6. The topological polar surface area (TPSA) is 103 Å². The first-order valence-electron chi connectivity index (χ1n) is 16.3. The molecule has 2 fully saturated rings. The summed E-state index contributed by atoms with van der Waals surface area (Å²) in [5.41, 5.74) is 0.451. The molecule has 0 amide bonds. The molecule has 9 nitrogen and oxygen atoms in total. The predicted octanol–water partition coefficient (Wildman–Crippen LogP) is 5.06. The molecule has 2 saturated heterocycles. The van der Waals surface area contributed by atoms with Gasteiger partial charge in [0.2, 0.25) is 0 Å². The van der Waals surface area contributed by atoms with Crippen LogP contribution >= 0.6 is 0 Å². The highest BCUT2D eigenvalue weighted by molar-refractivity contribution is 5.11. The van der Waals surface area contributed by atoms with E-state index in [0.29, 0.717) is 13.2 Å². The maximum absolute atomic E-state index is 10.2. The number of pyridine rings is 2. The van der Waals surface area contributed by atoms with Gasteiger partial charge in [-0.3, -0.25) is 4.98 Å². The maximum atomic E-state index is 10.2. The van der Waals surface area contributed by atoms with Gasteiger partial charge in [0.15, 0.2) is 25.0 Å². The number of aliphatic hydroxyl groups excluding tert-OH is 2. The lowest BCUT2D eigenvalue weighted by molar-refractivity contribution is -0.698. The first kappa shape index (κ1) is 33.9. The van der Waals surface area contributed by atoms with E-state index in [0.717, 1.165) is 24.1 Å². The molecule has 2 aliphatic heterocycles. The molecule has 0 spiro atoms. The Labute approximate surface area is 257 Å². The average molecular weight is 602 g/mol. The fourth-order valence-corrected chi connectivity index (χ4v) is 5.62. The van der Waals surface area contributed by atoms with Crippen molar-refractivity contribution in [2.75, 3.05) is 52.9 Å². The minimum absolute atomic E-state index is 0.130. The second kappa shape index (κ2) is 18.1. The summed E-state index contributed by atoms with van der Waals surface area (Å²) < 4.78 is 32.3. The molecule has 0 atom stereocenters. The predicted molar refractivity (Wildman–Crippen MR) is 162 cm³/mol. The first-order chi connectivity index (χ1) is 21.1. The number of nitrogens with zero attached hydrogens (tertiary/aromatic N) is 2. The van der Waals surface area contributed by atoms with Crippen LogP contribution in [0.4, 0.5) is 0 Å². The second-order valence-electron chi connectivity index (χ2n) is 12.6. The third-order valence-corrected chi connectivity index (χ3v) is 8.53. The van der Waals surface area contributed by atoms with Crippen molar-refractivity contribution in [2.45, 2.75) is 90.3 Å². The fourth-order valence-electron chi connectivity index (χ4n) is 5.62. The lowest BCUT2D eigenvalue weighted by Crippen LogP contribution is -2.48. The van der Waals surface area contributed by atoms with Gasteiger partial charge < -0.3 is 33.9 Å². The Bertz CT molecular complexity index is 1020. The van der Waals surface area contributed by atoms with Crippen molar-refractivity contribution in [1.29, 1.82) is 0 Å². The van der Waals surface area contributed by atoms with Crippen molar-refractivity contribution in [3.8, 4) is 0 Å². The smallest absolute Gasteiger partial charge is 0.189 e. The van der Waals surface area contributed by atoms with E-state index < -0.39 is 23.4 Å². The highest BCUT2D eigenvalue weighted by atomic mass is 16.7. The van der Waals surface area contributed by atoms with Crippen LogP contribution < -0.4 is 4.57 Å². The Balaban J connectivity index is 1.15. The van der Waals surface area contributed by atoms with Gasteiger partial charge in [0.1, 0.15) is 6.54 Å². The van der Waals surface area contributed by atoms with Crippen LogP contribution in [0, 0.1) is 10.8 Å². The molecule has 43 heavy (non-hydrogen) atoms. The van der Waals surface area contributed by atoms with E-state index in [1.54, 1.807) is 12.4 Å². The van der Waals surface area contributed by atoms with Crippen LogP contribution in [-0.4, -0.2) is 68.1 Å². The number of aliphatic hydroxyl groups is 2. The number of hydrogen-bond donors (Lipinski definition) is 2. The zero-order valence-electron chi connectivity index (χ0n) is 26.0. The molecule has 0 bridgehead atoms. The number of hydrogen-bond acceptors (Lipinski definition) is 8. The monoisotopic (exact) mass is 601 g/mol. The highest BCUT2D eigenvalue weighted by Gasteiger charge is 2.41. The minimum atomic E-state index is -0.680. The summed E-state index contributed by atoms with van der Waals surface area (Å²) >= 11 is 0. The van der Waals surface area contributed by atoms with Gasteiger partial charge in [-0.05, 0) is 18.6 Å². The Morgan fingerprint density at radius 1 is 0.767 bits per heavy atom. The number of unbranched alkanes of at least 4 members (excludes halogenated alkanes) is 9. The van der Waals surface area contributed by atoms with Crippen molar-refractivity contribution in [2.24, 2.45) is 10.8 Å². The summed E-state index contributed by atoms with van der Waals surface area (Å²) in [6.45, 7) is 4.64. The molecule has 2 aromatic rings. The van der Waals surface area contributed by atoms with Crippen molar-refractivity contribution in [1.82, 2.24) is 4.98 Å². The third-order valence-electron chi connectivity index (χ3n) is 8.53. The van der Waals surface area contributed by atoms with Gasteiger partial charge in [-0.2, -0.15) is 0 Å². The standard InChI is InChI=1S/C34H53N2O7/c1-2-3-4-5-6-7-8-9-10-11-17-36-18-13-15-30(20-36)32-42-27-34(22-38,28-43-32)24-39-23-33(21-37)25-40-31(41-26-33)29-14-12-16-35-19-29/h12-16,18-20,31-32,37-38H,2-11,17,21-28H2,1H3/q+1. The van der Waals surface area contributed by atoms with Gasteiger partial charge in [0.05, 0.1) is 69.2 Å². The highest BCUT2D eigenvalue weighted by Crippen LogP contribution is 2.34. The van der Waals surface area contributed by atoms with E-state index >= 15 is 0 Å². The van der Waals surface area contributed by atoms with E-state index in [-0.39, 0.29) is 39.6 Å². The van der Waals surface area contributed by atoms with Gasteiger partial charge in [-0.25, -0.2) is 4.57 Å². The van der Waals surface area contributed by atoms with Crippen LogP contribution in [0.3, 0.4) is 0 Å². The van der Waals surface area contributed by atoms with Gasteiger partial charge in [-0.1, -0.05) is 64.4 Å². The summed E-state index contributed by atoms with van der Waals surface area (Å²) in [6, 6.07) is 7.79. The molecule has 0 unspecified atom stereocenters. The van der Waals surface area contributed by atoms with Crippen LogP contribution in [0.1, 0.15) is 94.8 Å². The molecule has 0 aromatic carbocycles. The number of aromatic nitrogens is 2. The lowest BCUT2D eigenvalue weighted by Gasteiger charge is -2.41. The molecule has 2 aromatic heterocycles. The van der Waals surface area contributed by atoms with Gasteiger partial charge in [-0.15, -0.1) is 0 Å². The summed E-state index contributed by atoms with van der Waals surface area (Å²) in [5.74, 6) is 0. The van der Waals surface area contributed by atoms with Crippen LogP contribution in [0.15, 0.2) is 49.1 Å². The molecule has 4 rings (SSSR count). The molecule has 0 saturated carbocycles. The zero-order chi connectivity index (χ0) is 30.2. The lowest BCUT2D eigenvalue weighted by atomic mass is 9.89. The Morgan fingerprint density at radius 2 is 1.30 bits per heavy atom. The molecule has 9 heteroatoms. The maximum Gasteiger partial charge on any atom is 0.189 e. The minimum Gasteiger partial charge on any atom is -0.396 e. The van der Waals surface area contributed by atoms with Gasteiger partial charge in [0.25, 0.3) is 0 Å². The van der Waals surface area contributed by atoms with E-state index in [1.807, 2.05) is 24.3 Å². The zero-order valence-corrected chi connectivity index (χ0v) is 26.0. The van der Waals surface area contributed by atoms with Gasteiger partial charge >= 0.3 is 0 Å². The molecular weight excluding hydrogens is 548 g/mol. The summed E-state index contributed by atoms with van der Waals surface area (Å²) in [7, 11) is 0. The van der Waals surface area contributed by atoms with Crippen LogP contribution in [0.2, 0.25) is 0 Å². The van der Waals surface area contributed by atoms with Gasteiger partial charge in [0, 0.05) is 30.4 Å². The molecule has 4 heterocycles. The van der Waals surface area contributed by atoms with E-state index in [4.69, 9.17) is 23.7 Å². The SMILES string of the molecule is CCCCCCCCCCCC[n+]1cccc(C2OCC(CO)(COCC3(CO)COC(c4cccnc4)OC3)CO2)c1. The quantitative estimate of drug-likeness (QED) is 0.170. The Hall–Kier alpha value is -1.98. The average Bonchev–Trinajstić information content (AvgIpc) is 3.07. The van der Waals surface area contributed by atoms with Crippen LogP contribution in [0.5, 0.6) is 0 Å². The number of aryl methyl sites for hydroxylation is 1. The molecular formula is C34H53N2O7+. The third kappa shape index (κ3) is 10.6. The van der Waals surface area contributed by atoms with E-state index in [1.165, 1.54) is 57.8 Å². The Kier molecular flexibility index (Phi) is 14.3. The van der Waals surface area contributed by atoms with Crippen molar-refractivity contribution in [3.63, 3.8) is 0 Å². The van der Waals surface area contributed by atoms with Crippen LogP contribution in [0.25, 0.3) is 0 Å². The van der Waals surface area contributed by atoms with Crippen molar-refractivity contribution in [3.05, 3.63) is 60.2 Å². The molecule has 0 radical (unpaired) electrons. The Morgan fingerprint density at radius 3 is 1.84 bits per heavy atom. The fraction of sp³-hybridized carbons (Fsp3) is 0.706. The summed E-state index contributed by atoms with van der Waals surface area (Å²) in [5, 5.41) is 20.4. The van der Waals surface area contributed by atoms with Crippen molar-refractivity contribution >= 4 is 0 Å². The van der Waals surface area contributed by atoms with E-state index in [9.17, 15) is 10.2 Å². The number of rotatable bonds is 19. The molecule has 2 aliphatic rings.